The Morgan fingerprint density at radius 1 is 1.14 bits per heavy atom. The van der Waals surface area contributed by atoms with Gasteiger partial charge in [0.15, 0.2) is 10.6 Å². The Balaban J connectivity index is 1.44. The fourth-order valence-electron chi connectivity index (χ4n) is 3.61. The number of aryl methyl sites for hydroxylation is 1. The fourth-order valence-corrected chi connectivity index (χ4v) is 3.84. The minimum Gasteiger partial charge on any atom is -0.356 e. The summed E-state index contributed by atoms with van der Waals surface area (Å²) in [6, 6.07) is 8.31. The van der Waals surface area contributed by atoms with Gasteiger partial charge in [-0.05, 0) is 32.0 Å². The molecule has 0 radical (unpaired) electrons. The van der Waals surface area contributed by atoms with Crippen LogP contribution in [0.25, 0.3) is 11.4 Å². The number of hydrogen-bond acceptors (Lipinski definition) is 4. The molecule has 8 heteroatoms. The summed E-state index contributed by atoms with van der Waals surface area (Å²) in [6.07, 6.45) is 6.33. The van der Waals surface area contributed by atoms with Crippen molar-refractivity contribution in [1.82, 2.24) is 25.4 Å². The van der Waals surface area contributed by atoms with E-state index in [0.717, 1.165) is 24.2 Å². The molecular weight excluding hydrogens is 386 g/mol. The number of nitrogens with one attached hydrogen (secondary N) is 3. The van der Waals surface area contributed by atoms with Crippen LogP contribution in [0.4, 0.5) is 0 Å². The summed E-state index contributed by atoms with van der Waals surface area (Å²) in [4.78, 5) is 24.2. The van der Waals surface area contributed by atoms with Crippen LogP contribution in [-0.4, -0.2) is 39.2 Å². The maximum absolute atomic E-state index is 12.2. The highest BCUT2D eigenvalue weighted by atomic mass is 32.1. The number of hydrogen-bond donors (Lipinski definition) is 3. The van der Waals surface area contributed by atoms with E-state index in [9.17, 15) is 9.59 Å². The van der Waals surface area contributed by atoms with Gasteiger partial charge in [0.05, 0.1) is 0 Å². The smallest absolute Gasteiger partial charge is 0.221 e. The molecule has 0 atom stereocenters. The zero-order chi connectivity index (χ0) is 20.6. The average Bonchev–Trinajstić information content (AvgIpc) is 3.08. The molecule has 156 valence electrons. The van der Waals surface area contributed by atoms with Crippen LogP contribution in [0.5, 0.6) is 0 Å². The molecule has 2 amide bonds. The fraction of sp³-hybridized carbons (Fsp3) is 0.524. The summed E-state index contributed by atoms with van der Waals surface area (Å²) in [7, 11) is 0. The van der Waals surface area contributed by atoms with E-state index >= 15 is 0 Å². The first-order valence-corrected chi connectivity index (χ1v) is 10.7. The first kappa shape index (κ1) is 21.2. The number of carbonyl (C=O) groups is 2. The Bertz CT molecular complexity index is 881. The van der Waals surface area contributed by atoms with Gasteiger partial charge in [-0.3, -0.25) is 19.3 Å². The molecule has 0 spiro atoms. The normalized spacial score (nSPS) is 14.5. The van der Waals surface area contributed by atoms with Crippen molar-refractivity contribution < 1.29 is 9.59 Å². The molecule has 1 aromatic carbocycles. The highest BCUT2D eigenvalue weighted by molar-refractivity contribution is 7.71. The standard InChI is InChI=1S/C21H29N5O2S/c1-15-7-9-16(10-8-15)20-24-25-21(29)26(20)14-12-18(27)22-13-11-19(28)23-17-5-3-2-4-6-17/h7-10,17H,2-6,11-14H2,1H3,(H,22,27)(H,23,28)(H,25,29). The molecule has 0 aliphatic heterocycles. The van der Waals surface area contributed by atoms with Gasteiger partial charge in [0.1, 0.15) is 0 Å². The van der Waals surface area contributed by atoms with Crippen LogP contribution in [-0.2, 0) is 16.1 Å². The zero-order valence-electron chi connectivity index (χ0n) is 16.9. The third-order valence-electron chi connectivity index (χ3n) is 5.28. The summed E-state index contributed by atoms with van der Waals surface area (Å²) < 4.78 is 2.32. The Hall–Kier alpha value is -2.48. The van der Waals surface area contributed by atoms with Crippen LogP contribution in [0.1, 0.15) is 50.5 Å². The maximum Gasteiger partial charge on any atom is 0.221 e. The SMILES string of the molecule is Cc1ccc(-c2n[nH]c(=S)n2CCC(=O)NCCC(=O)NC2CCCCC2)cc1. The molecule has 1 aliphatic carbocycles. The summed E-state index contributed by atoms with van der Waals surface area (Å²) >= 11 is 5.31. The van der Waals surface area contributed by atoms with E-state index < -0.39 is 0 Å². The van der Waals surface area contributed by atoms with Gasteiger partial charge in [-0.1, -0.05) is 49.1 Å². The van der Waals surface area contributed by atoms with Crippen molar-refractivity contribution >= 4 is 24.0 Å². The summed E-state index contributed by atoms with van der Waals surface area (Å²) in [5, 5.41) is 13.0. The maximum atomic E-state index is 12.2. The van der Waals surface area contributed by atoms with E-state index in [1.165, 1.54) is 24.8 Å². The van der Waals surface area contributed by atoms with Gasteiger partial charge in [0, 0.05) is 37.5 Å². The van der Waals surface area contributed by atoms with Gasteiger partial charge in [0.25, 0.3) is 0 Å². The molecular formula is C21H29N5O2S. The van der Waals surface area contributed by atoms with E-state index in [1.54, 1.807) is 0 Å². The third kappa shape index (κ3) is 6.25. The molecule has 1 fully saturated rings. The molecule has 1 aliphatic rings. The number of amides is 2. The quantitative estimate of drug-likeness (QED) is 0.577. The molecule has 3 rings (SSSR count). The molecule has 1 saturated carbocycles. The molecule has 2 aromatic rings. The lowest BCUT2D eigenvalue weighted by atomic mass is 9.95. The number of nitrogens with zero attached hydrogens (tertiary/aromatic N) is 2. The van der Waals surface area contributed by atoms with E-state index in [1.807, 2.05) is 35.8 Å². The van der Waals surface area contributed by atoms with Gasteiger partial charge in [-0.2, -0.15) is 5.10 Å². The second-order valence-electron chi connectivity index (χ2n) is 7.62. The first-order valence-electron chi connectivity index (χ1n) is 10.3. The summed E-state index contributed by atoms with van der Waals surface area (Å²) in [5.41, 5.74) is 2.11. The van der Waals surface area contributed by atoms with E-state index in [4.69, 9.17) is 12.2 Å². The van der Waals surface area contributed by atoms with Gasteiger partial charge in [0.2, 0.25) is 11.8 Å². The highest BCUT2D eigenvalue weighted by Crippen LogP contribution is 2.18. The second kappa shape index (κ2) is 10.3. The van der Waals surface area contributed by atoms with Crippen LogP contribution in [0.3, 0.4) is 0 Å². The van der Waals surface area contributed by atoms with Crippen molar-refractivity contribution in [3.8, 4) is 11.4 Å². The lowest BCUT2D eigenvalue weighted by Crippen LogP contribution is -2.38. The van der Waals surface area contributed by atoms with Crippen molar-refractivity contribution in [3.05, 3.63) is 34.6 Å². The summed E-state index contributed by atoms with van der Waals surface area (Å²) in [6.45, 7) is 2.80. The van der Waals surface area contributed by atoms with Crippen molar-refractivity contribution in [1.29, 1.82) is 0 Å². The lowest BCUT2D eigenvalue weighted by molar-refractivity contribution is -0.122. The van der Waals surface area contributed by atoms with E-state index in [-0.39, 0.29) is 18.2 Å². The van der Waals surface area contributed by atoms with Gasteiger partial charge < -0.3 is 10.6 Å². The van der Waals surface area contributed by atoms with E-state index in [2.05, 4.69) is 20.8 Å². The monoisotopic (exact) mass is 415 g/mol. The molecule has 0 unspecified atom stereocenters. The first-order chi connectivity index (χ1) is 14.0. The number of H-pyrrole nitrogens is 1. The lowest BCUT2D eigenvalue weighted by Gasteiger charge is -2.22. The van der Waals surface area contributed by atoms with E-state index in [0.29, 0.717) is 30.3 Å². The minimum absolute atomic E-state index is 0.0101. The number of rotatable bonds is 8. The molecule has 7 nitrogen and oxygen atoms in total. The molecule has 29 heavy (non-hydrogen) atoms. The Kier molecular flexibility index (Phi) is 7.57. The van der Waals surface area contributed by atoms with Crippen molar-refractivity contribution in [2.45, 2.75) is 64.5 Å². The van der Waals surface area contributed by atoms with Gasteiger partial charge in [-0.15, -0.1) is 0 Å². The van der Waals surface area contributed by atoms with Crippen LogP contribution < -0.4 is 10.6 Å². The Labute approximate surface area is 176 Å². The Morgan fingerprint density at radius 3 is 2.59 bits per heavy atom. The number of benzene rings is 1. The molecule has 0 bridgehead atoms. The van der Waals surface area contributed by atoms with Gasteiger partial charge >= 0.3 is 0 Å². The van der Waals surface area contributed by atoms with Crippen LogP contribution >= 0.6 is 12.2 Å². The predicted molar refractivity (Wildman–Crippen MR) is 115 cm³/mol. The largest absolute Gasteiger partial charge is 0.356 e. The molecule has 3 N–H and O–H groups in total. The number of carbonyl (C=O) groups excluding carboxylic acids is 2. The average molecular weight is 416 g/mol. The topological polar surface area (TPSA) is 91.8 Å². The number of aromatic amines is 1. The zero-order valence-corrected chi connectivity index (χ0v) is 17.7. The van der Waals surface area contributed by atoms with Crippen LogP contribution in [0.2, 0.25) is 0 Å². The molecule has 0 saturated heterocycles. The molecule has 1 aromatic heterocycles. The van der Waals surface area contributed by atoms with Crippen molar-refractivity contribution in [2.24, 2.45) is 0 Å². The van der Waals surface area contributed by atoms with Crippen LogP contribution in [0, 0.1) is 11.7 Å². The van der Waals surface area contributed by atoms with Gasteiger partial charge in [-0.25, -0.2) is 0 Å². The number of aromatic nitrogens is 3. The summed E-state index contributed by atoms with van der Waals surface area (Å²) in [5.74, 6) is 0.624. The minimum atomic E-state index is -0.103. The van der Waals surface area contributed by atoms with Crippen molar-refractivity contribution in [2.75, 3.05) is 6.54 Å². The molecule has 1 heterocycles. The van der Waals surface area contributed by atoms with Crippen molar-refractivity contribution in [3.63, 3.8) is 0 Å². The van der Waals surface area contributed by atoms with Crippen LogP contribution in [0.15, 0.2) is 24.3 Å². The Morgan fingerprint density at radius 2 is 1.86 bits per heavy atom. The second-order valence-corrected chi connectivity index (χ2v) is 8.01. The highest BCUT2D eigenvalue weighted by Gasteiger charge is 2.15. The predicted octanol–water partition coefficient (Wildman–Crippen LogP) is 3.26. The third-order valence-corrected chi connectivity index (χ3v) is 5.59.